The largest absolute Gasteiger partial charge is 0.344 e. The number of hydrogen-bond donors (Lipinski definition) is 1. The first-order valence-electron chi connectivity index (χ1n) is 11.2. The molecule has 2 amide bonds. The third-order valence-electron chi connectivity index (χ3n) is 6.50. The Hall–Kier alpha value is -1.99. The van der Waals surface area contributed by atoms with Gasteiger partial charge in [0.05, 0.1) is 0 Å². The summed E-state index contributed by atoms with van der Waals surface area (Å²) in [7, 11) is 5.86. The van der Waals surface area contributed by atoms with Gasteiger partial charge >= 0.3 is 0 Å². The highest BCUT2D eigenvalue weighted by atomic mass is 16.2. The van der Waals surface area contributed by atoms with Crippen molar-refractivity contribution in [3.05, 3.63) is 30.1 Å². The predicted octanol–water partition coefficient (Wildman–Crippen LogP) is 1.74. The molecule has 0 radical (unpaired) electrons. The molecule has 0 aromatic carbocycles. The van der Waals surface area contributed by atoms with Crippen LogP contribution in [0.4, 0.5) is 0 Å². The van der Waals surface area contributed by atoms with Gasteiger partial charge in [0, 0.05) is 64.0 Å². The van der Waals surface area contributed by atoms with E-state index in [-0.39, 0.29) is 17.7 Å². The summed E-state index contributed by atoms with van der Waals surface area (Å²) in [5.41, 5.74) is 1.00. The van der Waals surface area contributed by atoms with E-state index in [1.807, 2.05) is 31.1 Å². The second-order valence-corrected chi connectivity index (χ2v) is 9.10. The van der Waals surface area contributed by atoms with Crippen molar-refractivity contribution in [1.29, 1.82) is 0 Å². The minimum absolute atomic E-state index is 0.0577. The van der Waals surface area contributed by atoms with Crippen LogP contribution in [-0.4, -0.2) is 84.4 Å². The molecule has 0 bridgehead atoms. The highest BCUT2D eigenvalue weighted by Gasteiger charge is 2.30. The molecule has 1 aromatic heterocycles. The molecular weight excluding hydrogens is 378 g/mol. The Bertz CT molecular complexity index is 690. The summed E-state index contributed by atoms with van der Waals surface area (Å²) in [5, 5.41) is 3.80. The van der Waals surface area contributed by atoms with Crippen molar-refractivity contribution >= 4 is 11.8 Å². The van der Waals surface area contributed by atoms with Crippen molar-refractivity contribution in [3.63, 3.8) is 0 Å². The minimum atomic E-state index is -0.247. The van der Waals surface area contributed by atoms with Crippen molar-refractivity contribution in [1.82, 2.24) is 25.0 Å². The number of likely N-dealkylation sites (tertiary alicyclic amines) is 1. The molecule has 3 heterocycles. The van der Waals surface area contributed by atoms with Crippen LogP contribution in [0.3, 0.4) is 0 Å². The van der Waals surface area contributed by atoms with E-state index in [9.17, 15) is 9.59 Å². The standard InChI is InChI=1S/C23H37N5O2/c1-26-12-9-20(10-13-26)25-21-8-4-7-19(14-22(29)27(2)17-21)23(30)28(3)16-18-6-5-11-24-15-18/h5-6,11,15,19-21,25H,4,7-10,12-14,16-17H2,1-3H3. The summed E-state index contributed by atoms with van der Waals surface area (Å²) in [6, 6.07) is 4.68. The number of aromatic nitrogens is 1. The molecule has 2 aliphatic rings. The smallest absolute Gasteiger partial charge is 0.226 e. The highest BCUT2D eigenvalue weighted by Crippen LogP contribution is 2.22. The zero-order valence-electron chi connectivity index (χ0n) is 18.7. The number of carbonyl (C=O) groups excluding carboxylic acids is 2. The molecule has 0 saturated carbocycles. The van der Waals surface area contributed by atoms with Crippen LogP contribution in [0.2, 0.25) is 0 Å². The van der Waals surface area contributed by atoms with E-state index in [2.05, 4.69) is 22.2 Å². The molecular formula is C23H37N5O2. The number of nitrogens with one attached hydrogen (secondary N) is 1. The van der Waals surface area contributed by atoms with E-state index in [0.717, 1.165) is 57.3 Å². The van der Waals surface area contributed by atoms with Crippen LogP contribution >= 0.6 is 0 Å². The monoisotopic (exact) mass is 415 g/mol. The van der Waals surface area contributed by atoms with Gasteiger partial charge in [0.2, 0.25) is 11.8 Å². The first-order valence-corrected chi connectivity index (χ1v) is 11.2. The van der Waals surface area contributed by atoms with Crippen LogP contribution in [-0.2, 0) is 16.1 Å². The summed E-state index contributed by atoms with van der Waals surface area (Å²) in [6.07, 6.45) is 8.85. The molecule has 1 aromatic rings. The summed E-state index contributed by atoms with van der Waals surface area (Å²) < 4.78 is 0. The summed E-state index contributed by atoms with van der Waals surface area (Å²) in [4.78, 5) is 35.9. The Labute approximate surface area is 180 Å². The SMILES string of the molecule is CN1CCC(NC2CCCC(C(=O)N(C)Cc3cccnc3)CC(=O)N(C)C2)CC1. The number of likely N-dealkylation sites (N-methyl/N-ethyl adjacent to an activating group) is 1. The van der Waals surface area contributed by atoms with Gasteiger partial charge in [-0.15, -0.1) is 0 Å². The number of carbonyl (C=O) groups is 2. The van der Waals surface area contributed by atoms with Gasteiger partial charge in [-0.2, -0.15) is 0 Å². The first kappa shape index (κ1) is 22.7. The molecule has 0 spiro atoms. The highest BCUT2D eigenvalue weighted by molar-refractivity contribution is 5.85. The van der Waals surface area contributed by atoms with Gasteiger partial charge in [0.25, 0.3) is 0 Å². The van der Waals surface area contributed by atoms with Crippen molar-refractivity contribution in [2.75, 3.05) is 40.8 Å². The van der Waals surface area contributed by atoms with Crippen molar-refractivity contribution in [3.8, 4) is 0 Å². The van der Waals surface area contributed by atoms with Crippen LogP contribution in [0.15, 0.2) is 24.5 Å². The Morgan fingerprint density at radius 1 is 1.20 bits per heavy atom. The van der Waals surface area contributed by atoms with Crippen molar-refractivity contribution in [2.24, 2.45) is 5.92 Å². The molecule has 7 nitrogen and oxygen atoms in total. The topological polar surface area (TPSA) is 68.8 Å². The normalized spacial score (nSPS) is 24.8. The number of amides is 2. The van der Waals surface area contributed by atoms with Gasteiger partial charge in [-0.05, 0) is 57.5 Å². The number of rotatable bonds is 5. The summed E-state index contributed by atoms with van der Waals surface area (Å²) in [6.45, 7) is 3.49. The number of hydrogen-bond acceptors (Lipinski definition) is 5. The molecule has 2 saturated heterocycles. The van der Waals surface area contributed by atoms with Crippen LogP contribution in [0.1, 0.15) is 44.1 Å². The third-order valence-corrected chi connectivity index (χ3v) is 6.50. The quantitative estimate of drug-likeness (QED) is 0.793. The minimum Gasteiger partial charge on any atom is -0.344 e. The van der Waals surface area contributed by atoms with Crippen LogP contribution in [0, 0.1) is 5.92 Å². The lowest BCUT2D eigenvalue weighted by Crippen LogP contribution is -2.49. The molecule has 2 aliphatic heterocycles. The zero-order chi connectivity index (χ0) is 21.5. The molecule has 30 heavy (non-hydrogen) atoms. The van der Waals surface area contributed by atoms with E-state index >= 15 is 0 Å². The zero-order valence-corrected chi connectivity index (χ0v) is 18.7. The average molecular weight is 416 g/mol. The average Bonchev–Trinajstić information content (AvgIpc) is 2.80. The maximum atomic E-state index is 13.1. The number of nitrogens with zero attached hydrogens (tertiary/aromatic N) is 4. The van der Waals surface area contributed by atoms with Crippen molar-refractivity contribution in [2.45, 2.75) is 57.2 Å². The predicted molar refractivity (Wildman–Crippen MR) is 118 cm³/mol. The van der Waals surface area contributed by atoms with E-state index in [4.69, 9.17) is 0 Å². The lowest BCUT2D eigenvalue weighted by molar-refractivity contribution is -0.140. The lowest BCUT2D eigenvalue weighted by Gasteiger charge is -2.34. The van der Waals surface area contributed by atoms with E-state index in [1.54, 1.807) is 17.3 Å². The molecule has 166 valence electrons. The van der Waals surface area contributed by atoms with Gasteiger partial charge in [0.1, 0.15) is 0 Å². The first-order chi connectivity index (χ1) is 14.4. The fourth-order valence-corrected chi connectivity index (χ4v) is 4.61. The lowest BCUT2D eigenvalue weighted by atomic mass is 9.95. The van der Waals surface area contributed by atoms with E-state index in [1.165, 1.54) is 0 Å². The Kier molecular flexibility index (Phi) is 8.22. The van der Waals surface area contributed by atoms with Gasteiger partial charge in [-0.1, -0.05) is 12.5 Å². The van der Waals surface area contributed by atoms with Gasteiger partial charge < -0.3 is 20.0 Å². The van der Waals surface area contributed by atoms with Crippen LogP contribution in [0.25, 0.3) is 0 Å². The molecule has 1 N–H and O–H groups in total. The second-order valence-electron chi connectivity index (χ2n) is 9.10. The van der Waals surface area contributed by atoms with E-state index < -0.39 is 0 Å². The maximum absolute atomic E-state index is 13.1. The van der Waals surface area contributed by atoms with Gasteiger partial charge in [0.15, 0.2) is 0 Å². The Morgan fingerprint density at radius 2 is 1.97 bits per heavy atom. The second kappa shape index (κ2) is 10.9. The molecule has 2 atom stereocenters. The molecule has 7 heteroatoms. The van der Waals surface area contributed by atoms with E-state index in [0.29, 0.717) is 25.0 Å². The number of piperidine rings is 1. The fourth-order valence-electron chi connectivity index (χ4n) is 4.61. The number of pyridine rings is 1. The molecule has 2 fully saturated rings. The van der Waals surface area contributed by atoms with Gasteiger partial charge in [-0.3, -0.25) is 14.6 Å². The van der Waals surface area contributed by atoms with Crippen LogP contribution < -0.4 is 5.32 Å². The van der Waals surface area contributed by atoms with Gasteiger partial charge in [-0.25, -0.2) is 0 Å². The summed E-state index contributed by atoms with van der Waals surface area (Å²) >= 11 is 0. The third kappa shape index (κ3) is 6.51. The Morgan fingerprint density at radius 3 is 2.67 bits per heavy atom. The molecule has 0 aliphatic carbocycles. The maximum Gasteiger partial charge on any atom is 0.226 e. The summed E-state index contributed by atoms with van der Waals surface area (Å²) in [5.74, 6) is -0.119. The molecule has 3 rings (SSSR count). The fraction of sp³-hybridized carbons (Fsp3) is 0.696. The molecule has 2 unspecified atom stereocenters. The van der Waals surface area contributed by atoms with Crippen LogP contribution in [0.5, 0.6) is 0 Å². The van der Waals surface area contributed by atoms with Crippen molar-refractivity contribution < 1.29 is 9.59 Å². The Balaban J connectivity index is 1.57.